The Bertz CT molecular complexity index is 1000. The lowest BCUT2D eigenvalue weighted by atomic mass is 9.74. The molecule has 0 aromatic heterocycles. The number of piperidine rings is 2. The van der Waals surface area contributed by atoms with Crippen molar-refractivity contribution in [3.63, 3.8) is 0 Å². The minimum atomic E-state index is -0.927. The summed E-state index contributed by atoms with van der Waals surface area (Å²) >= 11 is 0. The molecule has 0 aliphatic carbocycles. The van der Waals surface area contributed by atoms with Gasteiger partial charge in [0.25, 0.3) is 0 Å². The van der Waals surface area contributed by atoms with Crippen LogP contribution in [-0.2, 0) is 16.0 Å². The third kappa shape index (κ3) is 5.59. The summed E-state index contributed by atoms with van der Waals surface area (Å²) in [6.45, 7) is 7.67. The van der Waals surface area contributed by atoms with E-state index in [0.29, 0.717) is 44.4 Å². The molecular weight excluding hydrogens is 486 g/mol. The van der Waals surface area contributed by atoms with E-state index in [-0.39, 0.29) is 18.1 Å². The highest BCUT2D eigenvalue weighted by Gasteiger charge is 2.45. The van der Waals surface area contributed by atoms with Gasteiger partial charge in [0.2, 0.25) is 0 Å². The molecule has 3 heterocycles. The number of ether oxygens (including phenoxy) is 3. The molecule has 0 radical (unpaired) electrons. The van der Waals surface area contributed by atoms with E-state index >= 15 is 0 Å². The fourth-order valence-electron chi connectivity index (χ4n) is 6.76. The Morgan fingerprint density at radius 3 is 2.32 bits per heavy atom. The van der Waals surface area contributed by atoms with Crippen LogP contribution in [0.4, 0.5) is 4.79 Å². The maximum Gasteiger partial charge on any atom is 0.409 e. The van der Waals surface area contributed by atoms with Crippen LogP contribution < -0.4 is 9.47 Å². The molecule has 1 N–H and O–H groups in total. The molecule has 38 heavy (non-hydrogen) atoms. The number of carboxylic acids is 1. The fourth-order valence-corrected chi connectivity index (χ4v) is 6.76. The highest BCUT2D eigenvalue weighted by Crippen LogP contribution is 2.45. The topological polar surface area (TPSA) is 91.8 Å². The van der Waals surface area contributed by atoms with Gasteiger partial charge in [-0.1, -0.05) is 13.8 Å². The number of nitrogens with zero attached hydrogens (tertiary/aromatic N) is 3. The molecule has 4 rings (SSSR count). The number of fused-ring (bicyclic) bond motifs is 3. The van der Waals surface area contributed by atoms with Gasteiger partial charge in [0.1, 0.15) is 5.54 Å². The number of carbonyl (C=O) groups excluding carboxylic acids is 1. The average molecular weight is 532 g/mol. The number of hydrogen-bond acceptors (Lipinski definition) is 7. The van der Waals surface area contributed by atoms with E-state index in [2.05, 4.69) is 30.9 Å². The quantitative estimate of drug-likeness (QED) is 0.540. The van der Waals surface area contributed by atoms with Crippen molar-refractivity contribution in [2.24, 2.45) is 17.8 Å². The normalized spacial score (nSPS) is 25.1. The molecule has 0 bridgehead atoms. The SMILES string of the molecule is COc1cc2c(cc1OC)[C@H]1C[C@@H](COC(=O)N3CCC(C(=O)O)(N(C)C)CC3)[C@H](CC(C)C)CN1CC2. The van der Waals surface area contributed by atoms with E-state index in [0.717, 1.165) is 43.9 Å². The van der Waals surface area contributed by atoms with Gasteiger partial charge in [-0.3, -0.25) is 14.6 Å². The second kappa shape index (κ2) is 11.7. The molecule has 3 atom stereocenters. The lowest BCUT2D eigenvalue weighted by molar-refractivity contribution is -0.153. The molecule has 1 aromatic carbocycles. The maximum atomic E-state index is 13.1. The predicted molar refractivity (Wildman–Crippen MR) is 145 cm³/mol. The van der Waals surface area contributed by atoms with E-state index in [1.807, 2.05) is 0 Å². The summed E-state index contributed by atoms with van der Waals surface area (Å²) in [7, 11) is 6.93. The molecule has 0 unspecified atom stereocenters. The van der Waals surface area contributed by atoms with Crippen molar-refractivity contribution in [1.82, 2.24) is 14.7 Å². The lowest BCUT2D eigenvalue weighted by Gasteiger charge is -2.47. The standard InChI is InChI=1S/C29H45N3O6/c1-19(2)13-21-17-32-10-7-20-15-25(36-5)26(37-6)16-23(20)24(32)14-22(21)18-38-28(35)31-11-8-29(9-12-31,27(33)34)30(3)4/h15-16,19,21-22,24H,7-14,17-18H2,1-6H3,(H,33,34)/t21-,22+,24-/m1/s1. The molecule has 212 valence electrons. The van der Waals surface area contributed by atoms with Crippen LogP contribution in [0.25, 0.3) is 0 Å². The number of rotatable bonds is 8. The summed E-state index contributed by atoms with van der Waals surface area (Å²) < 4.78 is 17.1. The Labute approximate surface area is 227 Å². The molecule has 9 heteroatoms. The monoisotopic (exact) mass is 531 g/mol. The minimum absolute atomic E-state index is 0.256. The number of likely N-dealkylation sites (N-methyl/N-ethyl adjacent to an activating group) is 1. The molecule has 1 amide bonds. The number of carboxylic acid groups (broad SMARTS) is 1. The number of amides is 1. The molecule has 3 aliphatic heterocycles. The number of likely N-dealkylation sites (tertiary alicyclic amines) is 1. The number of aliphatic carboxylic acids is 1. The number of benzene rings is 1. The van der Waals surface area contributed by atoms with Crippen LogP contribution in [0, 0.1) is 17.8 Å². The van der Waals surface area contributed by atoms with Crippen molar-refractivity contribution in [2.45, 2.75) is 57.5 Å². The van der Waals surface area contributed by atoms with Gasteiger partial charge < -0.3 is 24.2 Å². The highest BCUT2D eigenvalue weighted by atomic mass is 16.6. The Kier molecular flexibility index (Phi) is 8.77. The summed E-state index contributed by atoms with van der Waals surface area (Å²) in [6.07, 6.45) is 3.46. The van der Waals surface area contributed by atoms with Crippen molar-refractivity contribution < 1.29 is 28.9 Å². The summed E-state index contributed by atoms with van der Waals surface area (Å²) in [6, 6.07) is 4.50. The van der Waals surface area contributed by atoms with Crippen LogP contribution in [0.5, 0.6) is 11.5 Å². The minimum Gasteiger partial charge on any atom is -0.493 e. The molecule has 0 saturated carbocycles. The second-order valence-corrected chi connectivity index (χ2v) is 11.8. The number of methoxy groups -OCH3 is 2. The van der Waals surface area contributed by atoms with Gasteiger partial charge >= 0.3 is 12.1 Å². The first-order chi connectivity index (χ1) is 18.1. The molecular formula is C29H45N3O6. The zero-order valence-corrected chi connectivity index (χ0v) is 23.9. The van der Waals surface area contributed by atoms with Crippen molar-refractivity contribution in [1.29, 1.82) is 0 Å². The third-order valence-corrected chi connectivity index (χ3v) is 9.07. The van der Waals surface area contributed by atoms with Crippen LogP contribution in [0.1, 0.15) is 56.7 Å². The molecule has 3 aliphatic rings. The van der Waals surface area contributed by atoms with Crippen LogP contribution in [0.2, 0.25) is 0 Å². The van der Waals surface area contributed by atoms with Crippen LogP contribution in [0.15, 0.2) is 12.1 Å². The Morgan fingerprint density at radius 1 is 1.08 bits per heavy atom. The smallest absolute Gasteiger partial charge is 0.409 e. The van der Waals surface area contributed by atoms with Gasteiger partial charge in [-0.15, -0.1) is 0 Å². The largest absolute Gasteiger partial charge is 0.493 e. The predicted octanol–water partition coefficient (Wildman–Crippen LogP) is 3.90. The van der Waals surface area contributed by atoms with Gasteiger partial charge in [-0.2, -0.15) is 0 Å². The molecule has 0 spiro atoms. The van der Waals surface area contributed by atoms with Crippen molar-refractivity contribution in [3.05, 3.63) is 23.3 Å². The van der Waals surface area contributed by atoms with Crippen LogP contribution >= 0.6 is 0 Å². The number of hydrogen-bond donors (Lipinski definition) is 1. The van der Waals surface area contributed by atoms with E-state index in [1.165, 1.54) is 11.1 Å². The first-order valence-corrected chi connectivity index (χ1v) is 13.9. The molecule has 2 fully saturated rings. The number of carbonyl (C=O) groups is 2. The molecule has 1 aromatic rings. The second-order valence-electron chi connectivity index (χ2n) is 11.8. The van der Waals surface area contributed by atoms with Crippen molar-refractivity contribution in [3.8, 4) is 11.5 Å². The van der Waals surface area contributed by atoms with E-state index in [9.17, 15) is 14.7 Å². The van der Waals surface area contributed by atoms with E-state index in [1.54, 1.807) is 38.1 Å². The summed E-state index contributed by atoms with van der Waals surface area (Å²) in [4.78, 5) is 31.0. The lowest BCUT2D eigenvalue weighted by Crippen LogP contribution is -2.58. The zero-order valence-electron chi connectivity index (χ0n) is 23.9. The zero-order chi connectivity index (χ0) is 27.6. The highest BCUT2D eigenvalue weighted by molar-refractivity contribution is 5.79. The fraction of sp³-hybridized carbons (Fsp3) is 0.724. The third-order valence-electron chi connectivity index (χ3n) is 9.07. The summed E-state index contributed by atoms with van der Waals surface area (Å²) in [5.74, 6) is 1.96. The van der Waals surface area contributed by atoms with Crippen molar-refractivity contribution >= 4 is 12.1 Å². The van der Waals surface area contributed by atoms with Gasteiger partial charge in [0.15, 0.2) is 11.5 Å². The Balaban J connectivity index is 1.45. The van der Waals surface area contributed by atoms with Gasteiger partial charge in [0, 0.05) is 32.2 Å². The summed E-state index contributed by atoms with van der Waals surface area (Å²) in [5, 5.41) is 9.79. The first kappa shape index (κ1) is 28.5. The Hall–Kier alpha value is -2.52. The van der Waals surface area contributed by atoms with Gasteiger partial charge in [-0.25, -0.2) is 4.79 Å². The maximum absolute atomic E-state index is 13.1. The van der Waals surface area contributed by atoms with Crippen LogP contribution in [-0.4, -0.2) is 98.5 Å². The van der Waals surface area contributed by atoms with Gasteiger partial charge in [-0.05, 0) is 87.2 Å². The van der Waals surface area contributed by atoms with E-state index < -0.39 is 11.5 Å². The van der Waals surface area contributed by atoms with E-state index in [4.69, 9.17) is 14.2 Å². The van der Waals surface area contributed by atoms with Crippen molar-refractivity contribution in [2.75, 3.05) is 61.1 Å². The molecule has 9 nitrogen and oxygen atoms in total. The van der Waals surface area contributed by atoms with Gasteiger partial charge in [0.05, 0.1) is 20.8 Å². The Morgan fingerprint density at radius 2 is 1.74 bits per heavy atom. The summed E-state index contributed by atoms with van der Waals surface area (Å²) in [5.41, 5.74) is 1.67. The van der Waals surface area contributed by atoms with Crippen LogP contribution in [0.3, 0.4) is 0 Å². The average Bonchev–Trinajstić information content (AvgIpc) is 2.90. The first-order valence-electron chi connectivity index (χ1n) is 13.9. The molecule has 2 saturated heterocycles.